The normalized spacial score (nSPS) is 10.8. The van der Waals surface area contributed by atoms with Gasteiger partial charge in [0, 0.05) is 31.4 Å². The molecule has 0 unspecified atom stereocenters. The predicted molar refractivity (Wildman–Crippen MR) is 119 cm³/mol. The topological polar surface area (TPSA) is 101 Å². The van der Waals surface area contributed by atoms with Crippen LogP contribution >= 0.6 is 11.6 Å². The van der Waals surface area contributed by atoms with E-state index in [9.17, 15) is 18.4 Å². The van der Waals surface area contributed by atoms with Crippen LogP contribution in [0.2, 0.25) is 5.02 Å². The van der Waals surface area contributed by atoms with Crippen molar-refractivity contribution in [2.24, 2.45) is 0 Å². The van der Waals surface area contributed by atoms with Crippen LogP contribution in [0.5, 0.6) is 0 Å². The van der Waals surface area contributed by atoms with Crippen LogP contribution < -0.4 is 16.0 Å². The molecule has 2 aromatic heterocycles. The zero-order valence-electron chi connectivity index (χ0n) is 17.1. The fourth-order valence-electron chi connectivity index (χ4n) is 3.01. The van der Waals surface area contributed by atoms with Crippen LogP contribution in [0.4, 0.5) is 20.3 Å². The second kappa shape index (κ2) is 10.1. The zero-order valence-corrected chi connectivity index (χ0v) is 17.8. The van der Waals surface area contributed by atoms with Crippen LogP contribution in [-0.2, 0) is 11.3 Å². The number of rotatable bonds is 7. The molecule has 0 fully saturated rings. The van der Waals surface area contributed by atoms with Gasteiger partial charge in [-0.1, -0.05) is 17.7 Å². The van der Waals surface area contributed by atoms with Gasteiger partial charge in [0.15, 0.2) is 0 Å². The highest BCUT2D eigenvalue weighted by molar-refractivity contribution is 6.34. The smallest absolute Gasteiger partial charge is 0.256 e. The first kappa shape index (κ1) is 23.1. The van der Waals surface area contributed by atoms with Crippen molar-refractivity contribution < 1.29 is 18.4 Å². The minimum Gasteiger partial charge on any atom is -0.384 e. The number of anilines is 2. The Morgan fingerprint density at radius 3 is 2.53 bits per heavy atom. The van der Waals surface area contributed by atoms with Crippen LogP contribution in [-0.4, -0.2) is 34.8 Å². The molecule has 2 heterocycles. The highest BCUT2D eigenvalue weighted by Crippen LogP contribution is 2.31. The summed E-state index contributed by atoms with van der Waals surface area (Å²) in [5.41, 5.74) is 8.13. The Kier molecular flexibility index (Phi) is 7.32. The van der Waals surface area contributed by atoms with Gasteiger partial charge in [-0.15, -0.1) is 0 Å². The summed E-state index contributed by atoms with van der Waals surface area (Å²) in [4.78, 5) is 33.2. The van der Waals surface area contributed by atoms with Crippen molar-refractivity contribution in [3.63, 3.8) is 0 Å². The molecular formula is C22H20ClF2N5O2. The Morgan fingerprint density at radius 1 is 1.16 bits per heavy atom. The van der Waals surface area contributed by atoms with Gasteiger partial charge < -0.3 is 16.0 Å². The largest absolute Gasteiger partial charge is 0.384 e. The highest BCUT2D eigenvalue weighted by Gasteiger charge is 2.20. The number of carbonyl (C=O) groups excluding carboxylic acids is 2. The van der Waals surface area contributed by atoms with Crippen LogP contribution in [0.25, 0.3) is 11.3 Å². The molecule has 0 bridgehead atoms. The number of amides is 2. The summed E-state index contributed by atoms with van der Waals surface area (Å²) in [6.07, 6.45) is 0.296. The van der Waals surface area contributed by atoms with E-state index in [2.05, 4.69) is 15.3 Å². The number of aromatic nitrogens is 2. The first-order chi connectivity index (χ1) is 15.2. The molecule has 3 rings (SSSR count). The minimum absolute atomic E-state index is 0.138. The van der Waals surface area contributed by atoms with Crippen LogP contribution in [0, 0.1) is 0 Å². The number of hydrogen-bond acceptors (Lipinski definition) is 5. The van der Waals surface area contributed by atoms with Crippen molar-refractivity contribution in [1.29, 1.82) is 0 Å². The lowest BCUT2D eigenvalue weighted by atomic mass is 10.1. The third-order valence-corrected chi connectivity index (χ3v) is 4.86. The Balaban J connectivity index is 1.72. The number of pyridine rings is 2. The van der Waals surface area contributed by atoms with Crippen LogP contribution in [0.1, 0.15) is 22.8 Å². The number of nitrogens with one attached hydrogen (secondary N) is 1. The molecule has 166 valence electrons. The van der Waals surface area contributed by atoms with Gasteiger partial charge in [0.05, 0.1) is 28.5 Å². The van der Waals surface area contributed by atoms with E-state index in [4.69, 9.17) is 17.3 Å². The number of nitrogens with two attached hydrogens (primary N) is 1. The zero-order chi connectivity index (χ0) is 23.3. The number of nitrogens with zero attached hydrogens (tertiary/aromatic N) is 3. The van der Waals surface area contributed by atoms with E-state index in [0.717, 1.165) is 10.5 Å². The molecule has 32 heavy (non-hydrogen) atoms. The van der Waals surface area contributed by atoms with Crippen molar-refractivity contribution >= 4 is 34.9 Å². The molecule has 3 N–H and O–H groups in total. The first-order valence-electron chi connectivity index (χ1n) is 9.55. The molecule has 2 amide bonds. The van der Waals surface area contributed by atoms with E-state index in [1.807, 2.05) is 0 Å². The van der Waals surface area contributed by atoms with Crippen molar-refractivity contribution in [3.8, 4) is 11.3 Å². The number of carbonyl (C=O) groups is 2. The third kappa shape index (κ3) is 5.76. The third-order valence-electron chi connectivity index (χ3n) is 4.56. The summed E-state index contributed by atoms with van der Waals surface area (Å²) in [6, 6.07) is 11.3. The predicted octanol–water partition coefficient (Wildman–Crippen LogP) is 3.93. The lowest BCUT2D eigenvalue weighted by Crippen LogP contribution is -2.33. The molecule has 0 aliphatic heterocycles. The first-order valence-corrected chi connectivity index (χ1v) is 9.93. The van der Waals surface area contributed by atoms with Crippen LogP contribution in [0.15, 0.2) is 54.9 Å². The number of halogens is 3. The summed E-state index contributed by atoms with van der Waals surface area (Å²) in [7, 11) is 0. The molecule has 0 aliphatic carbocycles. The van der Waals surface area contributed by atoms with E-state index in [1.54, 1.807) is 36.5 Å². The van der Waals surface area contributed by atoms with Gasteiger partial charge in [0.25, 0.3) is 12.3 Å². The fraction of sp³-hybridized carbons (Fsp3) is 0.182. The van der Waals surface area contributed by atoms with Crippen molar-refractivity contribution in [2.45, 2.75) is 19.9 Å². The molecule has 1 aromatic carbocycles. The molecule has 7 nitrogen and oxygen atoms in total. The number of alkyl halides is 2. The van der Waals surface area contributed by atoms with Gasteiger partial charge >= 0.3 is 0 Å². The molecular weight excluding hydrogens is 440 g/mol. The number of nitrogen functional groups attached to an aromatic ring is 1. The second-order valence-corrected chi connectivity index (χ2v) is 7.30. The molecule has 0 aliphatic rings. The molecule has 10 heteroatoms. The lowest BCUT2D eigenvalue weighted by Gasteiger charge is -2.22. The summed E-state index contributed by atoms with van der Waals surface area (Å²) in [5.74, 6) is -0.479. The van der Waals surface area contributed by atoms with E-state index < -0.39 is 18.9 Å². The van der Waals surface area contributed by atoms with E-state index in [-0.39, 0.29) is 23.2 Å². The van der Waals surface area contributed by atoms with E-state index in [1.165, 1.54) is 25.3 Å². The molecule has 0 saturated heterocycles. The molecule has 0 saturated carbocycles. The Labute approximate surface area is 188 Å². The van der Waals surface area contributed by atoms with Gasteiger partial charge in [0.2, 0.25) is 5.91 Å². The highest BCUT2D eigenvalue weighted by atomic mass is 35.5. The Hall–Kier alpha value is -3.59. The maximum atomic E-state index is 12.8. The Morgan fingerprint density at radius 2 is 1.94 bits per heavy atom. The van der Waals surface area contributed by atoms with Gasteiger partial charge in [-0.2, -0.15) is 0 Å². The molecule has 0 radical (unpaired) electrons. The minimum atomic E-state index is -2.69. The van der Waals surface area contributed by atoms with Crippen molar-refractivity contribution in [2.75, 3.05) is 17.2 Å². The van der Waals surface area contributed by atoms with Crippen LogP contribution in [0.3, 0.4) is 0 Å². The quantitative estimate of drug-likeness (QED) is 0.557. The van der Waals surface area contributed by atoms with Gasteiger partial charge in [-0.3, -0.25) is 14.6 Å². The number of hydrogen-bond donors (Lipinski definition) is 2. The average Bonchev–Trinajstić information content (AvgIpc) is 2.76. The monoisotopic (exact) mass is 459 g/mol. The Bertz CT molecular complexity index is 1130. The second-order valence-electron chi connectivity index (χ2n) is 6.89. The van der Waals surface area contributed by atoms with Gasteiger partial charge in [-0.25, -0.2) is 13.8 Å². The lowest BCUT2D eigenvalue weighted by molar-refractivity contribution is -0.117. The maximum absolute atomic E-state index is 12.8. The summed E-state index contributed by atoms with van der Waals surface area (Å²) in [5, 5.41) is 2.91. The summed E-state index contributed by atoms with van der Waals surface area (Å²) in [6.45, 7) is 0.736. The molecule has 3 aromatic rings. The standard InChI is InChI=1S/C22H20ClF2N5O2/c1-13(31)30(12-20(24)25)19-5-3-15(9-17(19)23)18-4-2-16(11-28-18)22(32)29-10-14-6-7-27-21(26)8-14/h2-9,11,20H,10,12H2,1H3,(H2,26,27)(H,29,32). The maximum Gasteiger partial charge on any atom is 0.256 e. The SMILES string of the molecule is CC(=O)N(CC(F)F)c1ccc(-c2ccc(C(=O)NCc3ccnc(N)c3)cn2)cc1Cl. The molecule has 0 spiro atoms. The van der Waals surface area contributed by atoms with E-state index in [0.29, 0.717) is 22.6 Å². The summed E-state index contributed by atoms with van der Waals surface area (Å²) >= 11 is 6.25. The van der Waals surface area contributed by atoms with E-state index >= 15 is 0 Å². The van der Waals surface area contributed by atoms with Crippen molar-refractivity contribution in [3.05, 3.63) is 71.0 Å². The summed E-state index contributed by atoms with van der Waals surface area (Å²) < 4.78 is 25.6. The molecule has 0 atom stereocenters. The van der Waals surface area contributed by atoms with Crippen molar-refractivity contribution in [1.82, 2.24) is 15.3 Å². The fourth-order valence-corrected chi connectivity index (χ4v) is 3.29. The van der Waals surface area contributed by atoms with Gasteiger partial charge in [-0.05, 0) is 42.0 Å². The van der Waals surface area contributed by atoms with Gasteiger partial charge in [0.1, 0.15) is 5.82 Å². The average molecular weight is 460 g/mol. The number of benzene rings is 1.